The first-order valence-electron chi connectivity index (χ1n) is 7.47. The van der Waals surface area contributed by atoms with Gasteiger partial charge in [-0.25, -0.2) is 4.39 Å². The lowest BCUT2D eigenvalue weighted by Gasteiger charge is -2.10. The molecule has 1 aromatic carbocycles. The van der Waals surface area contributed by atoms with Gasteiger partial charge in [0.15, 0.2) is 4.34 Å². The summed E-state index contributed by atoms with van der Waals surface area (Å²) >= 11 is 2.71. The van der Waals surface area contributed by atoms with Crippen molar-refractivity contribution >= 4 is 39.8 Å². The molecule has 1 aliphatic rings. The molecule has 0 spiro atoms. The average Bonchev–Trinajstić information content (AvgIpc) is 3.17. The van der Waals surface area contributed by atoms with Crippen molar-refractivity contribution < 1.29 is 9.18 Å². The van der Waals surface area contributed by atoms with Gasteiger partial charge in [0.05, 0.1) is 5.75 Å². The summed E-state index contributed by atoms with van der Waals surface area (Å²) in [6, 6.07) is 6.50. The van der Waals surface area contributed by atoms with E-state index in [9.17, 15) is 9.18 Å². The third-order valence-corrected chi connectivity index (χ3v) is 5.50. The molecule has 1 fully saturated rings. The average molecular weight is 352 g/mol. The van der Waals surface area contributed by atoms with Crippen LogP contribution in [0.3, 0.4) is 0 Å². The second kappa shape index (κ2) is 7.74. The topological polar surface area (TPSA) is 66.9 Å². The number of benzene rings is 1. The van der Waals surface area contributed by atoms with Gasteiger partial charge in [-0.1, -0.05) is 42.0 Å². The van der Waals surface area contributed by atoms with Crippen LogP contribution >= 0.6 is 23.1 Å². The molecule has 0 atom stereocenters. The summed E-state index contributed by atoms with van der Waals surface area (Å²) in [6.07, 6.45) is 4.56. The normalized spacial score (nSPS) is 14.8. The number of aromatic nitrogens is 2. The summed E-state index contributed by atoms with van der Waals surface area (Å²) in [7, 11) is 0. The SMILES string of the molecule is O=C(CSc1nnc(Nc2cccc(F)c2)s1)NC1CCCC1. The number of hydrogen-bond acceptors (Lipinski definition) is 6. The maximum atomic E-state index is 13.1. The van der Waals surface area contributed by atoms with E-state index in [1.807, 2.05) is 0 Å². The lowest BCUT2D eigenvalue weighted by molar-refractivity contribution is -0.119. The first-order valence-corrected chi connectivity index (χ1v) is 9.27. The van der Waals surface area contributed by atoms with E-state index in [2.05, 4.69) is 20.8 Å². The quantitative estimate of drug-likeness (QED) is 0.778. The number of carbonyl (C=O) groups is 1. The zero-order chi connectivity index (χ0) is 16.1. The van der Waals surface area contributed by atoms with Gasteiger partial charge < -0.3 is 10.6 Å². The lowest BCUT2D eigenvalue weighted by Crippen LogP contribution is -2.33. The van der Waals surface area contributed by atoms with Crippen molar-refractivity contribution in [2.24, 2.45) is 0 Å². The minimum Gasteiger partial charge on any atom is -0.353 e. The van der Waals surface area contributed by atoms with Gasteiger partial charge in [-0.2, -0.15) is 0 Å². The smallest absolute Gasteiger partial charge is 0.230 e. The monoisotopic (exact) mass is 352 g/mol. The molecule has 2 aromatic rings. The van der Waals surface area contributed by atoms with E-state index >= 15 is 0 Å². The fourth-order valence-corrected chi connectivity index (χ4v) is 4.06. The van der Waals surface area contributed by atoms with Crippen LogP contribution in [-0.4, -0.2) is 27.9 Å². The van der Waals surface area contributed by atoms with Crippen molar-refractivity contribution in [2.75, 3.05) is 11.1 Å². The van der Waals surface area contributed by atoms with Crippen molar-refractivity contribution in [2.45, 2.75) is 36.1 Å². The van der Waals surface area contributed by atoms with E-state index in [0.717, 1.165) is 12.8 Å². The highest BCUT2D eigenvalue weighted by Crippen LogP contribution is 2.28. The van der Waals surface area contributed by atoms with Crippen LogP contribution in [0, 0.1) is 5.82 Å². The number of carbonyl (C=O) groups excluding carboxylic acids is 1. The van der Waals surface area contributed by atoms with E-state index in [4.69, 9.17) is 0 Å². The van der Waals surface area contributed by atoms with Crippen molar-refractivity contribution in [3.05, 3.63) is 30.1 Å². The van der Waals surface area contributed by atoms with Gasteiger partial charge >= 0.3 is 0 Å². The van der Waals surface area contributed by atoms with E-state index < -0.39 is 0 Å². The molecule has 1 amide bonds. The fourth-order valence-electron chi connectivity index (χ4n) is 2.48. The second-order valence-corrected chi connectivity index (χ2v) is 7.55. The molecule has 23 heavy (non-hydrogen) atoms. The molecule has 1 heterocycles. The van der Waals surface area contributed by atoms with Gasteiger partial charge in [-0.3, -0.25) is 4.79 Å². The van der Waals surface area contributed by atoms with Crippen LogP contribution in [0.15, 0.2) is 28.6 Å². The van der Waals surface area contributed by atoms with E-state index in [1.54, 1.807) is 12.1 Å². The van der Waals surface area contributed by atoms with E-state index in [1.165, 1.54) is 48.1 Å². The number of halogens is 1. The van der Waals surface area contributed by atoms with Crippen LogP contribution in [-0.2, 0) is 4.79 Å². The molecule has 2 N–H and O–H groups in total. The molecule has 0 unspecified atom stereocenters. The van der Waals surface area contributed by atoms with Crippen LogP contribution in [0.4, 0.5) is 15.2 Å². The highest BCUT2D eigenvalue weighted by molar-refractivity contribution is 8.01. The third-order valence-electron chi connectivity index (χ3n) is 3.53. The summed E-state index contributed by atoms with van der Waals surface area (Å²) in [5, 5.41) is 14.7. The molecule has 3 rings (SSSR count). The Kier molecular flexibility index (Phi) is 5.45. The summed E-state index contributed by atoms with van der Waals surface area (Å²) in [6.45, 7) is 0. The Labute approximate surface area is 142 Å². The first-order chi connectivity index (χ1) is 11.2. The number of rotatable bonds is 6. The summed E-state index contributed by atoms with van der Waals surface area (Å²) in [4.78, 5) is 11.9. The maximum absolute atomic E-state index is 13.1. The van der Waals surface area contributed by atoms with Gasteiger partial charge in [0.25, 0.3) is 0 Å². The lowest BCUT2D eigenvalue weighted by atomic mass is 10.2. The van der Waals surface area contributed by atoms with Crippen molar-refractivity contribution in [1.29, 1.82) is 0 Å². The Morgan fingerprint density at radius 1 is 1.35 bits per heavy atom. The predicted molar refractivity (Wildman–Crippen MR) is 90.7 cm³/mol. The Bertz CT molecular complexity index is 673. The zero-order valence-electron chi connectivity index (χ0n) is 12.4. The molecule has 8 heteroatoms. The molecule has 0 bridgehead atoms. The highest BCUT2D eigenvalue weighted by Gasteiger charge is 2.17. The third kappa shape index (κ3) is 4.90. The standard InChI is InChI=1S/C15H17FN4OS2/c16-10-4-3-7-12(8-10)18-14-19-20-15(23-14)22-9-13(21)17-11-5-1-2-6-11/h3-4,7-8,11H,1-2,5-6,9H2,(H,17,21)(H,18,19). The Morgan fingerprint density at radius 2 is 2.17 bits per heavy atom. The van der Waals surface area contributed by atoms with Crippen molar-refractivity contribution in [1.82, 2.24) is 15.5 Å². The Balaban J connectivity index is 1.48. The molecule has 1 saturated carbocycles. The molecule has 1 aromatic heterocycles. The second-order valence-electron chi connectivity index (χ2n) is 5.35. The summed E-state index contributed by atoms with van der Waals surface area (Å²) in [5.41, 5.74) is 0.622. The molecule has 0 radical (unpaired) electrons. The van der Waals surface area contributed by atoms with Gasteiger partial charge in [-0.15, -0.1) is 10.2 Å². The minimum absolute atomic E-state index is 0.0386. The van der Waals surface area contributed by atoms with Gasteiger partial charge in [0.2, 0.25) is 11.0 Å². The molecular weight excluding hydrogens is 335 g/mol. The van der Waals surface area contributed by atoms with Crippen LogP contribution in [0.1, 0.15) is 25.7 Å². The Morgan fingerprint density at radius 3 is 2.96 bits per heavy atom. The van der Waals surface area contributed by atoms with Gasteiger partial charge in [-0.05, 0) is 31.0 Å². The summed E-state index contributed by atoms with van der Waals surface area (Å²) in [5.74, 6) is 0.0694. The van der Waals surface area contributed by atoms with E-state index in [-0.39, 0.29) is 11.7 Å². The van der Waals surface area contributed by atoms with Crippen LogP contribution < -0.4 is 10.6 Å². The predicted octanol–water partition coefficient (Wildman–Crippen LogP) is 3.57. The van der Waals surface area contributed by atoms with Crippen LogP contribution in [0.5, 0.6) is 0 Å². The van der Waals surface area contributed by atoms with E-state index in [0.29, 0.717) is 27.0 Å². The fraction of sp³-hybridized carbons (Fsp3) is 0.400. The Hall–Kier alpha value is -1.67. The largest absolute Gasteiger partial charge is 0.353 e. The number of nitrogens with one attached hydrogen (secondary N) is 2. The molecule has 5 nitrogen and oxygen atoms in total. The maximum Gasteiger partial charge on any atom is 0.230 e. The number of thioether (sulfide) groups is 1. The van der Waals surface area contributed by atoms with Crippen molar-refractivity contribution in [3.8, 4) is 0 Å². The highest BCUT2D eigenvalue weighted by atomic mass is 32.2. The van der Waals surface area contributed by atoms with Gasteiger partial charge in [0, 0.05) is 11.7 Å². The number of amides is 1. The van der Waals surface area contributed by atoms with Crippen LogP contribution in [0.2, 0.25) is 0 Å². The number of nitrogens with zero attached hydrogens (tertiary/aromatic N) is 2. The van der Waals surface area contributed by atoms with Crippen molar-refractivity contribution in [3.63, 3.8) is 0 Å². The summed E-state index contributed by atoms with van der Waals surface area (Å²) < 4.78 is 13.8. The minimum atomic E-state index is -0.308. The molecule has 0 saturated heterocycles. The molecule has 122 valence electrons. The molecule has 0 aliphatic heterocycles. The number of hydrogen-bond donors (Lipinski definition) is 2. The first kappa shape index (κ1) is 16.2. The van der Waals surface area contributed by atoms with Crippen LogP contribution in [0.25, 0.3) is 0 Å². The van der Waals surface area contributed by atoms with Gasteiger partial charge in [0.1, 0.15) is 5.82 Å². The zero-order valence-corrected chi connectivity index (χ0v) is 14.1. The molecular formula is C15H17FN4OS2. The number of anilines is 2. The molecule has 1 aliphatic carbocycles.